The molecule has 0 fully saturated rings. The van der Waals surface area contributed by atoms with Gasteiger partial charge in [0.25, 0.3) is 5.91 Å². The molecule has 0 radical (unpaired) electrons. The number of nitrogens with two attached hydrogens (primary N) is 2. The molecule has 186 valence electrons. The molecule has 6 N–H and O–H groups in total. The van der Waals surface area contributed by atoms with Gasteiger partial charge in [0.1, 0.15) is 5.84 Å². The van der Waals surface area contributed by atoms with Crippen molar-refractivity contribution in [2.75, 3.05) is 5.32 Å². The molecule has 0 unspecified atom stereocenters. The first kappa shape index (κ1) is 25.5. The lowest BCUT2D eigenvalue weighted by Gasteiger charge is -2.12. The summed E-state index contributed by atoms with van der Waals surface area (Å²) < 4.78 is 23.9. The Morgan fingerprint density at radius 1 is 0.946 bits per heavy atom. The van der Waals surface area contributed by atoms with Gasteiger partial charge in [0, 0.05) is 40.7 Å². The summed E-state index contributed by atoms with van der Waals surface area (Å²) in [7, 11) is -3.89. The zero-order chi connectivity index (χ0) is 26.4. The number of hydrogen-bond acceptors (Lipinski definition) is 5. The Hall–Kier alpha value is -4.60. The molecule has 4 rings (SSSR count). The molecule has 0 bridgehead atoms. The van der Waals surface area contributed by atoms with Crippen molar-refractivity contribution in [1.29, 1.82) is 5.41 Å². The summed E-state index contributed by atoms with van der Waals surface area (Å²) in [6.45, 7) is 0. The van der Waals surface area contributed by atoms with Crippen molar-refractivity contribution in [2.45, 2.75) is 11.3 Å². The van der Waals surface area contributed by atoms with Crippen LogP contribution in [0, 0.1) is 5.41 Å². The highest BCUT2D eigenvalue weighted by Gasteiger charge is 2.16. The van der Waals surface area contributed by atoms with Crippen LogP contribution < -0.4 is 16.2 Å². The van der Waals surface area contributed by atoms with E-state index in [0.717, 1.165) is 11.3 Å². The molecule has 37 heavy (non-hydrogen) atoms. The van der Waals surface area contributed by atoms with E-state index in [-0.39, 0.29) is 23.1 Å². The number of primary sulfonamides is 1. The number of rotatable bonds is 8. The highest BCUT2D eigenvalue weighted by molar-refractivity contribution is 7.89. The second kappa shape index (κ2) is 11.0. The molecule has 3 aromatic carbocycles. The fourth-order valence-corrected chi connectivity index (χ4v) is 4.55. The predicted octanol–water partition coefficient (Wildman–Crippen LogP) is 3.94. The fourth-order valence-electron chi connectivity index (χ4n) is 3.79. The quantitative estimate of drug-likeness (QED) is 0.160. The third kappa shape index (κ3) is 6.54. The van der Waals surface area contributed by atoms with Crippen LogP contribution >= 0.6 is 0 Å². The lowest BCUT2D eigenvalue weighted by atomic mass is 10.0. The maximum absolute atomic E-state index is 13.3. The number of carbonyl (C=O) groups is 1. The minimum Gasteiger partial charge on any atom is -0.384 e. The monoisotopic (exact) mass is 511 g/mol. The number of nitrogens with one attached hydrogen (secondary N) is 2. The Balaban J connectivity index is 1.62. The van der Waals surface area contributed by atoms with E-state index in [4.69, 9.17) is 16.3 Å². The molecule has 0 aliphatic carbocycles. The van der Waals surface area contributed by atoms with Gasteiger partial charge in [0.15, 0.2) is 0 Å². The van der Waals surface area contributed by atoms with Gasteiger partial charge in [-0.1, -0.05) is 54.6 Å². The summed E-state index contributed by atoms with van der Waals surface area (Å²) in [4.78, 5) is 17.7. The topological polar surface area (TPSA) is 152 Å². The van der Waals surface area contributed by atoms with E-state index >= 15 is 0 Å². The summed E-state index contributed by atoms with van der Waals surface area (Å²) in [6.07, 6.45) is 3.70. The Morgan fingerprint density at radius 3 is 2.35 bits per heavy atom. The summed E-state index contributed by atoms with van der Waals surface area (Å²) in [6, 6.07) is 25.9. The molecule has 1 amide bonds. The second-order valence-corrected chi connectivity index (χ2v) is 9.81. The molecule has 9 heteroatoms. The molecular formula is C28H25N5O3S. The van der Waals surface area contributed by atoms with Gasteiger partial charge in [-0.05, 0) is 53.6 Å². The summed E-state index contributed by atoms with van der Waals surface area (Å²) >= 11 is 0. The summed E-state index contributed by atoms with van der Waals surface area (Å²) in [5.41, 5.74) is 9.74. The number of anilines is 1. The molecule has 4 aromatic rings. The van der Waals surface area contributed by atoms with Crippen LogP contribution in [0.25, 0.3) is 17.2 Å². The number of benzene rings is 3. The average molecular weight is 512 g/mol. The summed E-state index contributed by atoms with van der Waals surface area (Å²) in [5.74, 6) is -0.383. The van der Waals surface area contributed by atoms with Crippen molar-refractivity contribution >= 4 is 33.5 Å². The van der Waals surface area contributed by atoms with Gasteiger partial charge in [-0.25, -0.2) is 13.6 Å². The second-order valence-electron chi connectivity index (χ2n) is 8.28. The first-order valence-corrected chi connectivity index (χ1v) is 12.8. The number of carbonyl (C=O) groups excluding carboxylic acids is 1. The third-order valence-electron chi connectivity index (χ3n) is 5.58. The normalized spacial score (nSPS) is 11.6. The number of sulfonamides is 1. The van der Waals surface area contributed by atoms with E-state index in [2.05, 4.69) is 10.3 Å². The first-order chi connectivity index (χ1) is 17.7. The standard InChI is InChI=1S/C28H25N5O3S/c29-27(30)21-7-5-6-19(16-21)17-22(18-24-8-3-4-15-32-24)28(34)33-23-13-11-20(12-14-23)25-9-1-2-10-26(25)37(31,35)36/h1-17H,18H2,(H3,29,30)(H,33,34)(H2,31,35,36)/b22-17-. The van der Waals surface area contributed by atoms with Crippen LogP contribution in [0.4, 0.5) is 5.69 Å². The molecule has 0 saturated heterocycles. The van der Waals surface area contributed by atoms with Crippen molar-refractivity contribution in [3.63, 3.8) is 0 Å². The fraction of sp³-hybridized carbons (Fsp3) is 0.0357. The summed E-state index contributed by atoms with van der Waals surface area (Å²) in [5, 5.41) is 15.9. The van der Waals surface area contributed by atoms with Crippen LogP contribution in [0.2, 0.25) is 0 Å². The van der Waals surface area contributed by atoms with Crippen LogP contribution in [0.15, 0.2) is 108 Å². The van der Waals surface area contributed by atoms with Gasteiger partial charge in [-0.15, -0.1) is 0 Å². The lowest BCUT2D eigenvalue weighted by Crippen LogP contribution is -2.16. The van der Waals surface area contributed by atoms with Crippen LogP contribution in [-0.2, 0) is 21.2 Å². The molecular weight excluding hydrogens is 486 g/mol. The largest absolute Gasteiger partial charge is 0.384 e. The van der Waals surface area contributed by atoms with Gasteiger partial charge < -0.3 is 11.1 Å². The zero-order valence-electron chi connectivity index (χ0n) is 19.8. The number of aromatic nitrogens is 1. The maximum atomic E-state index is 13.3. The van der Waals surface area contributed by atoms with Crippen LogP contribution in [0.5, 0.6) is 0 Å². The number of amides is 1. The smallest absolute Gasteiger partial charge is 0.252 e. The number of nitrogens with zero attached hydrogens (tertiary/aromatic N) is 1. The van der Waals surface area contributed by atoms with Crippen molar-refractivity contribution in [3.05, 3.63) is 120 Å². The highest BCUT2D eigenvalue weighted by atomic mass is 32.2. The van der Waals surface area contributed by atoms with Crippen molar-refractivity contribution in [1.82, 2.24) is 4.98 Å². The number of pyridine rings is 1. The van der Waals surface area contributed by atoms with E-state index in [1.807, 2.05) is 18.2 Å². The first-order valence-electron chi connectivity index (χ1n) is 11.3. The lowest BCUT2D eigenvalue weighted by molar-refractivity contribution is -0.112. The van der Waals surface area contributed by atoms with E-state index in [1.54, 1.807) is 79.0 Å². The Labute approximate surface area is 215 Å². The van der Waals surface area contributed by atoms with Gasteiger partial charge >= 0.3 is 0 Å². The third-order valence-corrected chi connectivity index (χ3v) is 6.54. The van der Waals surface area contributed by atoms with E-state index in [9.17, 15) is 13.2 Å². The number of amidine groups is 1. The molecule has 8 nitrogen and oxygen atoms in total. The zero-order valence-corrected chi connectivity index (χ0v) is 20.6. The van der Waals surface area contributed by atoms with Gasteiger partial charge in [-0.2, -0.15) is 0 Å². The molecule has 0 spiro atoms. The Kier molecular flexibility index (Phi) is 7.57. The van der Waals surface area contributed by atoms with Crippen LogP contribution in [0.1, 0.15) is 16.8 Å². The SMILES string of the molecule is N=C(N)c1cccc(/C=C(/Cc2ccccn2)C(=O)Nc2ccc(-c3ccccc3S(N)(=O)=O)cc2)c1. The van der Waals surface area contributed by atoms with Gasteiger partial charge in [0.2, 0.25) is 10.0 Å². The van der Waals surface area contributed by atoms with Gasteiger partial charge in [-0.3, -0.25) is 15.2 Å². The van der Waals surface area contributed by atoms with Crippen molar-refractivity contribution < 1.29 is 13.2 Å². The molecule has 1 heterocycles. The van der Waals surface area contributed by atoms with Crippen LogP contribution in [-0.4, -0.2) is 25.1 Å². The maximum Gasteiger partial charge on any atom is 0.252 e. The average Bonchev–Trinajstić information content (AvgIpc) is 2.89. The van der Waals surface area contributed by atoms with E-state index in [1.165, 1.54) is 6.07 Å². The highest BCUT2D eigenvalue weighted by Crippen LogP contribution is 2.28. The Morgan fingerprint density at radius 2 is 1.68 bits per heavy atom. The number of hydrogen-bond donors (Lipinski definition) is 4. The van der Waals surface area contributed by atoms with Gasteiger partial charge in [0.05, 0.1) is 4.90 Å². The molecule has 0 aliphatic heterocycles. The molecule has 0 atom stereocenters. The van der Waals surface area contributed by atoms with E-state index < -0.39 is 10.0 Å². The minimum atomic E-state index is -3.89. The molecule has 1 aromatic heterocycles. The molecule has 0 aliphatic rings. The minimum absolute atomic E-state index is 0.0279. The Bertz CT molecular complexity index is 1580. The van der Waals surface area contributed by atoms with Crippen LogP contribution in [0.3, 0.4) is 0 Å². The molecule has 0 saturated carbocycles. The predicted molar refractivity (Wildman–Crippen MR) is 145 cm³/mol. The van der Waals surface area contributed by atoms with Crippen molar-refractivity contribution in [3.8, 4) is 11.1 Å². The van der Waals surface area contributed by atoms with Crippen molar-refractivity contribution in [2.24, 2.45) is 10.9 Å². The van der Waals surface area contributed by atoms with E-state index in [0.29, 0.717) is 28.0 Å². The number of nitrogen functional groups attached to an aromatic ring is 1.